The third kappa shape index (κ3) is 5.95. The monoisotopic (exact) mass is 468 g/mol. The summed E-state index contributed by atoms with van der Waals surface area (Å²) in [5.74, 6) is -0.231. The average Bonchev–Trinajstić information content (AvgIpc) is 3.19. The molecule has 0 saturated carbocycles. The van der Waals surface area contributed by atoms with E-state index >= 15 is 0 Å². The summed E-state index contributed by atoms with van der Waals surface area (Å²) in [6, 6.07) is 11.1. The zero-order chi connectivity index (χ0) is 19.9. The molecule has 8 heteroatoms. The van der Waals surface area contributed by atoms with Crippen LogP contribution in [0.5, 0.6) is 11.5 Å². The molecule has 2 aromatic rings. The van der Waals surface area contributed by atoms with E-state index in [9.17, 15) is 9.59 Å². The van der Waals surface area contributed by atoms with Gasteiger partial charge in [-0.2, -0.15) is 0 Å². The zero-order valence-corrected chi connectivity index (χ0v) is 17.2. The minimum atomic E-state index is -0.574. The van der Waals surface area contributed by atoms with Gasteiger partial charge in [-0.15, -0.1) is 0 Å². The van der Waals surface area contributed by atoms with Crippen molar-refractivity contribution >= 4 is 39.5 Å². The first kappa shape index (κ1) is 20.6. The summed E-state index contributed by atoms with van der Waals surface area (Å²) in [5.41, 5.74) is 0.374. The summed E-state index contributed by atoms with van der Waals surface area (Å²) in [6.07, 6.45) is 1.86. The Hall–Kier alpha value is -2.09. The number of ether oxygens (including phenoxy) is 4. The first-order valence-electron chi connectivity index (χ1n) is 8.68. The average molecular weight is 470 g/mol. The molecule has 3 rings (SSSR count). The number of esters is 2. The lowest BCUT2D eigenvalue weighted by Gasteiger charge is -2.11. The Labute approximate surface area is 175 Å². The number of halogens is 2. The number of carbonyl (C=O) groups is 2. The van der Waals surface area contributed by atoms with Crippen molar-refractivity contribution in [2.75, 3.05) is 19.8 Å². The second kappa shape index (κ2) is 9.91. The van der Waals surface area contributed by atoms with E-state index in [1.807, 2.05) is 0 Å². The van der Waals surface area contributed by atoms with E-state index in [1.54, 1.807) is 18.2 Å². The van der Waals surface area contributed by atoms with Gasteiger partial charge in [-0.05, 0) is 71.2 Å². The summed E-state index contributed by atoms with van der Waals surface area (Å²) in [7, 11) is 0. The van der Waals surface area contributed by atoms with Crippen molar-refractivity contribution in [1.29, 1.82) is 0 Å². The summed E-state index contributed by atoms with van der Waals surface area (Å²) in [6.45, 7) is 0.680. The van der Waals surface area contributed by atoms with Crippen LogP contribution in [0.1, 0.15) is 23.2 Å². The van der Waals surface area contributed by atoms with Gasteiger partial charge in [0, 0.05) is 11.6 Å². The Morgan fingerprint density at radius 2 is 1.96 bits per heavy atom. The second-order valence-corrected chi connectivity index (χ2v) is 7.39. The molecule has 0 aliphatic carbocycles. The highest BCUT2D eigenvalue weighted by molar-refractivity contribution is 9.10. The lowest BCUT2D eigenvalue weighted by atomic mass is 10.2. The minimum absolute atomic E-state index is 0.0233. The van der Waals surface area contributed by atoms with E-state index in [4.69, 9.17) is 30.5 Å². The predicted octanol–water partition coefficient (Wildman–Crippen LogP) is 4.42. The van der Waals surface area contributed by atoms with Crippen molar-refractivity contribution in [3.05, 3.63) is 57.5 Å². The zero-order valence-electron chi connectivity index (χ0n) is 14.9. The maximum absolute atomic E-state index is 12.0. The van der Waals surface area contributed by atoms with Gasteiger partial charge in [-0.25, -0.2) is 9.59 Å². The number of carbonyl (C=O) groups excluding carboxylic acids is 2. The number of hydrogen-bond acceptors (Lipinski definition) is 6. The molecule has 1 fully saturated rings. The highest BCUT2D eigenvalue weighted by atomic mass is 79.9. The normalized spacial score (nSPS) is 15.9. The van der Waals surface area contributed by atoms with Gasteiger partial charge >= 0.3 is 11.9 Å². The first-order chi connectivity index (χ1) is 13.5. The van der Waals surface area contributed by atoms with E-state index in [1.165, 1.54) is 24.3 Å². The lowest BCUT2D eigenvalue weighted by Crippen LogP contribution is -2.18. The second-order valence-electron chi connectivity index (χ2n) is 6.10. The molecule has 1 unspecified atom stereocenters. The molecular weight excluding hydrogens is 452 g/mol. The highest BCUT2D eigenvalue weighted by Gasteiger charge is 2.18. The molecule has 1 saturated heterocycles. The molecule has 0 bridgehead atoms. The van der Waals surface area contributed by atoms with Crippen molar-refractivity contribution in [1.82, 2.24) is 0 Å². The minimum Gasteiger partial charge on any atom is -0.481 e. The molecule has 0 amide bonds. The summed E-state index contributed by atoms with van der Waals surface area (Å²) in [5, 5.41) is 0.552. The van der Waals surface area contributed by atoms with Crippen LogP contribution in [-0.2, 0) is 14.3 Å². The summed E-state index contributed by atoms with van der Waals surface area (Å²) >= 11 is 9.16. The van der Waals surface area contributed by atoms with Crippen LogP contribution in [0.2, 0.25) is 5.02 Å². The van der Waals surface area contributed by atoms with E-state index in [0.29, 0.717) is 33.2 Å². The first-order valence-corrected chi connectivity index (χ1v) is 9.85. The Morgan fingerprint density at radius 1 is 1.18 bits per heavy atom. The largest absolute Gasteiger partial charge is 0.481 e. The Kier molecular flexibility index (Phi) is 7.30. The molecule has 1 aliphatic heterocycles. The van der Waals surface area contributed by atoms with E-state index in [2.05, 4.69) is 15.9 Å². The van der Waals surface area contributed by atoms with E-state index in [0.717, 1.165) is 12.8 Å². The van der Waals surface area contributed by atoms with E-state index < -0.39 is 11.9 Å². The fourth-order valence-corrected chi connectivity index (χ4v) is 3.37. The smallest absolute Gasteiger partial charge is 0.349 e. The maximum atomic E-state index is 12.0. The SMILES string of the molecule is O=C(COc1ccc(Cl)cc1Br)Oc1ccc(C(=O)OCC2CCCO2)cc1. The topological polar surface area (TPSA) is 71.1 Å². The maximum Gasteiger partial charge on any atom is 0.349 e. The lowest BCUT2D eigenvalue weighted by molar-refractivity contribution is -0.136. The van der Waals surface area contributed by atoms with Crippen molar-refractivity contribution < 1.29 is 28.5 Å². The van der Waals surface area contributed by atoms with E-state index in [-0.39, 0.29) is 19.3 Å². The third-order valence-electron chi connectivity index (χ3n) is 3.99. The fraction of sp³-hybridized carbons (Fsp3) is 0.300. The van der Waals surface area contributed by atoms with Gasteiger partial charge in [0.2, 0.25) is 0 Å². The Bertz CT molecular complexity index is 833. The van der Waals surface area contributed by atoms with Crippen molar-refractivity contribution in [3.63, 3.8) is 0 Å². The van der Waals surface area contributed by atoms with Crippen LogP contribution in [0.3, 0.4) is 0 Å². The molecular formula is C20H18BrClO6. The van der Waals surface area contributed by atoms with Crippen molar-refractivity contribution in [3.8, 4) is 11.5 Å². The van der Waals surface area contributed by atoms with Gasteiger partial charge < -0.3 is 18.9 Å². The molecule has 0 aromatic heterocycles. The quantitative estimate of drug-likeness (QED) is 0.441. The molecule has 1 heterocycles. The molecule has 0 spiro atoms. The highest BCUT2D eigenvalue weighted by Crippen LogP contribution is 2.28. The van der Waals surface area contributed by atoms with Crippen LogP contribution in [0, 0.1) is 0 Å². The summed E-state index contributed by atoms with van der Waals surface area (Å²) in [4.78, 5) is 24.0. The van der Waals surface area contributed by atoms with Gasteiger partial charge in [-0.3, -0.25) is 0 Å². The molecule has 148 valence electrons. The van der Waals surface area contributed by atoms with Crippen LogP contribution in [-0.4, -0.2) is 37.9 Å². The summed E-state index contributed by atoms with van der Waals surface area (Å²) < 4.78 is 21.9. The van der Waals surface area contributed by atoms with Crippen LogP contribution in [0.15, 0.2) is 46.9 Å². The molecule has 2 aromatic carbocycles. The number of hydrogen-bond donors (Lipinski definition) is 0. The number of benzene rings is 2. The molecule has 0 N–H and O–H groups in total. The van der Waals surface area contributed by atoms with Crippen LogP contribution in [0.4, 0.5) is 0 Å². The molecule has 1 atom stereocenters. The van der Waals surface area contributed by atoms with Crippen LogP contribution < -0.4 is 9.47 Å². The van der Waals surface area contributed by atoms with Crippen molar-refractivity contribution in [2.24, 2.45) is 0 Å². The molecule has 0 radical (unpaired) electrons. The van der Waals surface area contributed by atoms with Gasteiger partial charge in [0.05, 0.1) is 16.1 Å². The molecule has 6 nitrogen and oxygen atoms in total. The van der Waals surface area contributed by atoms with Gasteiger partial charge in [0.15, 0.2) is 6.61 Å². The van der Waals surface area contributed by atoms with Gasteiger partial charge in [-0.1, -0.05) is 11.6 Å². The molecule has 1 aliphatic rings. The fourth-order valence-electron chi connectivity index (χ4n) is 2.58. The standard InChI is InChI=1S/C20H18BrClO6/c21-17-10-14(22)5-8-18(17)26-12-19(23)28-15-6-3-13(4-7-15)20(24)27-11-16-2-1-9-25-16/h3-8,10,16H,1-2,9,11-12H2. The Morgan fingerprint density at radius 3 is 2.64 bits per heavy atom. The Balaban J connectivity index is 1.46. The number of rotatable bonds is 7. The van der Waals surface area contributed by atoms with Gasteiger partial charge in [0.1, 0.15) is 18.1 Å². The third-order valence-corrected chi connectivity index (χ3v) is 4.84. The predicted molar refractivity (Wildman–Crippen MR) is 106 cm³/mol. The molecule has 28 heavy (non-hydrogen) atoms. The van der Waals surface area contributed by atoms with Crippen LogP contribution >= 0.6 is 27.5 Å². The van der Waals surface area contributed by atoms with Gasteiger partial charge in [0.25, 0.3) is 0 Å². The van der Waals surface area contributed by atoms with Crippen LogP contribution in [0.25, 0.3) is 0 Å². The van der Waals surface area contributed by atoms with Crippen molar-refractivity contribution in [2.45, 2.75) is 18.9 Å².